The maximum Gasteiger partial charge on any atom is 0.265 e. The highest BCUT2D eigenvalue weighted by Gasteiger charge is 2.18. The summed E-state index contributed by atoms with van der Waals surface area (Å²) >= 11 is 3.76. The zero-order valence-electron chi connectivity index (χ0n) is 7.13. The number of thioether (sulfide) groups is 1. The minimum Gasteiger partial charge on any atom is -0.207 e. The standard InChI is InChI=1S/C10H10FS2/c11-9-4-2-8(3-5-9)10-12-6-1-7-13-10/h2-5H,1,6-7H2/q+1. The summed E-state index contributed by atoms with van der Waals surface area (Å²) in [5.41, 5.74) is 1.16. The van der Waals surface area contributed by atoms with Gasteiger partial charge in [0.25, 0.3) is 4.20 Å². The van der Waals surface area contributed by atoms with E-state index in [1.807, 2.05) is 35.2 Å². The van der Waals surface area contributed by atoms with Crippen molar-refractivity contribution in [2.24, 2.45) is 0 Å². The second-order valence-electron chi connectivity index (χ2n) is 2.84. The van der Waals surface area contributed by atoms with Gasteiger partial charge in [0.05, 0.1) is 0 Å². The van der Waals surface area contributed by atoms with Gasteiger partial charge in [0.2, 0.25) is 0 Å². The predicted octanol–water partition coefficient (Wildman–Crippen LogP) is 2.52. The monoisotopic (exact) mass is 213 g/mol. The topological polar surface area (TPSA) is 0 Å². The summed E-state index contributed by atoms with van der Waals surface area (Å²) in [6, 6.07) is 6.77. The summed E-state index contributed by atoms with van der Waals surface area (Å²) < 4.78 is 14.0. The largest absolute Gasteiger partial charge is 0.265 e. The third-order valence-corrected chi connectivity index (χ3v) is 4.52. The first-order valence-corrected chi connectivity index (χ1v) is 6.22. The Balaban J connectivity index is 2.24. The molecule has 0 radical (unpaired) electrons. The maximum absolute atomic E-state index is 12.6. The van der Waals surface area contributed by atoms with Crippen LogP contribution in [0.4, 0.5) is 4.39 Å². The predicted molar refractivity (Wildman–Crippen MR) is 59.8 cm³/mol. The van der Waals surface area contributed by atoms with Crippen LogP contribution in [0.5, 0.6) is 0 Å². The van der Waals surface area contributed by atoms with Crippen LogP contribution in [-0.2, 0) is 11.4 Å². The molecule has 68 valence electrons. The van der Waals surface area contributed by atoms with Crippen LogP contribution in [0, 0.1) is 5.82 Å². The molecule has 1 heterocycles. The molecule has 0 spiro atoms. The van der Waals surface area contributed by atoms with Gasteiger partial charge in [-0.05, 0) is 24.3 Å². The third-order valence-electron chi connectivity index (χ3n) is 1.83. The van der Waals surface area contributed by atoms with Crippen molar-refractivity contribution >= 4 is 27.3 Å². The molecule has 1 aliphatic rings. The fraction of sp³-hybridized carbons (Fsp3) is 0.300. The van der Waals surface area contributed by atoms with E-state index in [4.69, 9.17) is 0 Å². The minimum absolute atomic E-state index is 0.157. The summed E-state index contributed by atoms with van der Waals surface area (Å²) in [7, 11) is 0. The molecule has 0 nitrogen and oxygen atoms in total. The molecule has 0 unspecified atom stereocenters. The summed E-state index contributed by atoms with van der Waals surface area (Å²) in [5.74, 6) is 2.23. The van der Waals surface area contributed by atoms with Crippen molar-refractivity contribution in [1.29, 1.82) is 0 Å². The Hall–Kier alpha value is -0.410. The van der Waals surface area contributed by atoms with Crippen LogP contribution >= 0.6 is 11.8 Å². The maximum atomic E-state index is 12.6. The molecule has 0 amide bonds. The van der Waals surface area contributed by atoms with Gasteiger partial charge < -0.3 is 0 Å². The van der Waals surface area contributed by atoms with E-state index in [0.29, 0.717) is 0 Å². The molecule has 0 aromatic heterocycles. The van der Waals surface area contributed by atoms with Crippen LogP contribution in [-0.4, -0.2) is 15.7 Å². The number of hydrogen-bond acceptors (Lipinski definition) is 1. The van der Waals surface area contributed by atoms with Crippen molar-refractivity contribution < 1.29 is 4.39 Å². The molecule has 13 heavy (non-hydrogen) atoms. The van der Waals surface area contributed by atoms with E-state index in [1.165, 1.54) is 34.3 Å². The van der Waals surface area contributed by atoms with E-state index in [9.17, 15) is 4.39 Å². The van der Waals surface area contributed by atoms with Gasteiger partial charge in [-0.25, -0.2) is 4.39 Å². The molecule has 0 N–H and O–H groups in total. The lowest BCUT2D eigenvalue weighted by Gasteiger charge is -2.00. The molecule has 0 bridgehead atoms. The van der Waals surface area contributed by atoms with Crippen LogP contribution in [0.2, 0.25) is 0 Å². The lowest BCUT2D eigenvalue weighted by atomic mass is 10.2. The van der Waals surface area contributed by atoms with E-state index >= 15 is 0 Å². The Morgan fingerprint density at radius 3 is 2.62 bits per heavy atom. The van der Waals surface area contributed by atoms with Crippen LogP contribution in [0.15, 0.2) is 24.3 Å². The third kappa shape index (κ3) is 2.29. The van der Waals surface area contributed by atoms with Crippen molar-refractivity contribution in [1.82, 2.24) is 0 Å². The van der Waals surface area contributed by atoms with E-state index in [1.54, 1.807) is 0 Å². The Morgan fingerprint density at radius 2 is 2.00 bits per heavy atom. The quantitative estimate of drug-likeness (QED) is 0.510. The highest BCUT2D eigenvalue weighted by Crippen LogP contribution is 2.17. The van der Waals surface area contributed by atoms with Gasteiger partial charge in [-0.1, -0.05) is 11.8 Å². The van der Waals surface area contributed by atoms with E-state index in [2.05, 4.69) is 0 Å². The zero-order chi connectivity index (χ0) is 9.10. The number of benzene rings is 1. The van der Waals surface area contributed by atoms with Crippen molar-refractivity contribution in [3.05, 3.63) is 35.6 Å². The molecular weight excluding hydrogens is 203 g/mol. The normalized spacial score (nSPS) is 16.8. The van der Waals surface area contributed by atoms with Crippen LogP contribution < -0.4 is 0 Å². The summed E-state index contributed by atoms with van der Waals surface area (Å²) in [5, 5.41) is 0. The van der Waals surface area contributed by atoms with Gasteiger partial charge in [-0.2, -0.15) is 0 Å². The smallest absolute Gasteiger partial charge is 0.207 e. The first kappa shape index (κ1) is 9.16. The Labute approximate surface area is 85.5 Å². The molecule has 3 heteroatoms. The number of rotatable bonds is 1. The first-order chi connectivity index (χ1) is 6.36. The highest BCUT2D eigenvalue weighted by atomic mass is 32.2. The second-order valence-corrected chi connectivity index (χ2v) is 5.31. The fourth-order valence-corrected chi connectivity index (χ4v) is 3.75. The lowest BCUT2D eigenvalue weighted by molar-refractivity contribution is 0.628. The fourth-order valence-electron chi connectivity index (χ4n) is 1.18. The molecular formula is C10H10FS2+. The van der Waals surface area contributed by atoms with Gasteiger partial charge in [-0.3, -0.25) is 0 Å². The van der Waals surface area contributed by atoms with E-state index in [-0.39, 0.29) is 5.82 Å². The lowest BCUT2D eigenvalue weighted by Crippen LogP contribution is -2.06. The van der Waals surface area contributed by atoms with Gasteiger partial charge in [0.15, 0.2) is 17.1 Å². The molecule has 0 aliphatic carbocycles. The summed E-state index contributed by atoms with van der Waals surface area (Å²) in [6.07, 6.45) is 1.28. The molecule has 1 aliphatic heterocycles. The first-order valence-electron chi connectivity index (χ1n) is 4.25. The van der Waals surface area contributed by atoms with Crippen LogP contribution in [0.25, 0.3) is 0 Å². The van der Waals surface area contributed by atoms with Crippen molar-refractivity contribution in [2.75, 3.05) is 11.5 Å². The van der Waals surface area contributed by atoms with Gasteiger partial charge in [0, 0.05) is 17.7 Å². The number of hydrogen-bond donors (Lipinski definition) is 0. The highest BCUT2D eigenvalue weighted by molar-refractivity contribution is 8.23. The Kier molecular flexibility index (Phi) is 2.96. The van der Waals surface area contributed by atoms with E-state index in [0.717, 1.165) is 5.56 Å². The van der Waals surface area contributed by atoms with Gasteiger partial charge in [0.1, 0.15) is 5.82 Å². The molecule has 0 atom stereocenters. The summed E-state index contributed by atoms with van der Waals surface area (Å²) in [4.78, 5) is 0. The van der Waals surface area contributed by atoms with Gasteiger partial charge in [-0.15, -0.1) is 0 Å². The summed E-state index contributed by atoms with van der Waals surface area (Å²) in [6.45, 7) is 0. The van der Waals surface area contributed by atoms with Crippen molar-refractivity contribution in [2.45, 2.75) is 6.42 Å². The average Bonchev–Trinajstić information content (AvgIpc) is 2.20. The van der Waals surface area contributed by atoms with Gasteiger partial charge >= 0.3 is 0 Å². The molecule has 0 saturated carbocycles. The Morgan fingerprint density at radius 1 is 1.23 bits per heavy atom. The van der Waals surface area contributed by atoms with Crippen molar-refractivity contribution in [3.8, 4) is 0 Å². The number of halogens is 1. The SMILES string of the molecule is Fc1ccc(C2=[S+]CCCS2)cc1. The van der Waals surface area contributed by atoms with E-state index < -0.39 is 0 Å². The molecule has 2 rings (SSSR count). The minimum atomic E-state index is -0.157. The average molecular weight is 213 g/mol. The molecule has 0 saturated heterocycles. The van der Waals surface area contributed by atoms with Crippen LogP contribution in [0.3, 0.4) is 0 Å². The molecule has 1 aromatic rings. The molecule has 1 aromatic carbocycles. The van der Waals surface area contributed by atoms with Crippen LogP contribution in [0.1, 0.15) is 12.0 Å². The second kappa shape index (κ2) is 4.20. The van der Waals surface area contributed by atoms with Crippen molar-refractivity contribution in [3.63, 3.8) is 0 Å². The zero-order valence-corrected chi connectivity index (χ0v) is 8.76. The molecule has 0 fully saturated rings. The Bertz CT molecular complexity index is 316.